The summed E-state index contributed by atoms with van der Waals surface area (Å²) in [5, 5.41) is 2.91. The highest BCUT2D eigenvalue weighted by atomic mass is 32.2. The van der Waals surface area contributed by atoms with Crippen LogP contribution in [-0.4, -0.2) is 51.2 Å². The first-order valence-corrected chi connectivity index (χ1v) is 13.2. The molecule has 0 bridgehead atoms. The molecule has 0 aliphatic rings. The predicted octanol–water partition coefficient (Wildman–Crippen LogP) is 4.93. The van der Waals surface area contributed by atoms with Crippen molar-refractivity contribution in [1.29, 1.82) is 0 Å². The number of unbranched alkanes of at least 4 members (excludes halogenated alkanes) is 8. The van der Waals surface area contributed by atoms with Gasteiger partial charge in [0.25, 0.3) is 0 Å². The molecule has 6 heteroatoms. The molecule has 31 heavy (non-hydrogen) atoms. The maximum Gasteiger partial charge on any atom is 0.220 e. The van der Waals surface area contributed by atoms with Gasteiger partial charge < -0.3 is 20.5 Å². The lowest BCUT2D eigenvalue weighted by Crippen LogP contribution is -2.27. The number of ether oxygens (including phenoxy) is 2. The van der Waals surface area contributed by atoms with Crippen molar-refractivity contribution in [2.45, 2.75) is 70.0 Å². The lowest BCUT2D eigenvalue weighted by molar-refractivity contribution is -0.121. The van der Waals surface area contributed by atoms with Gasteiger partial charge >= 0.3 is 0 Å². The Kier molecular flexibility index (Phi) is 20.0. The van der Waals surface area contributed by atoms with Crippen molar-refractivity contribution in [2.24, 2.45) is 5.73 Å². The van der Waals surface area contributed by atoms with Crippen LogP contribution >= 0.6 is 11.8 Å². The minimum atomic E-state index is 0.133. The topological polar surface area (TPSA) is 73.6 Å². The number of hydrogen-bond donors (Lipinski definition) is 2. The summed E-state index contributed by atoms with van der Waals surface area (Å²) in [6, 6.07) is 10.7. The Morgan fingerprint density at radius 2 is 1.42 bits per heavy atom. The van der Waals surface area contributed by atoms with Crippen LogP contribution in [0.15, 0.2) is 30.3 Å². The van der Waals surface area contributed by atoms with Gasteiger partial charge in [0.1, 0.15) is 0 Å². The fourth-order valence-electron chi connectivity index (χ4n) is 3.25. The number of benzene rings is 1. The Balaban J connectivity index is 1.73. The molecular weight excluding hydrogens is 408 g/mol. The maximum absolute atomic E-state index is 11.8. The van der Waals surface area contributed by atoms with Crippen molar-refractivity contribution < 1.29 is 14.3 Å². The van der Waals surface area contributed by atoms with Gasteiger partial charge in [-0.25, -0.2) is 0 Å². The second kappa shape index (κ2) is 22.1. The number of carbonyl (C=O) groups excluding carboxylic acids is 1. The van der Waals surface area contributed by atoms with Crippen molar-refractivity contribution in [3.05, 3.63) is 35.9 Å². The van der Waals surface area contributed by atoms with Crippen molar-refractivity contribution in [2.75, 3.05) is 45.3 Å². The molecule has 1 amide bonds. The third kappa shape index (κ3) is 19.3. The second-order valence-electron chi connectivity index (χ2n) is 7.83. The van der Waals surface area contributed by atoms with E-state index in [9.17, 15) is 4.79 Å². The largest absolute Gasteiger partial charge is 0.378 e. The van der Waals surface area contributed by atoms with E-state index in [1.807, 2.05) is 11.8 Å². The summed E-state index contributed by atoms with van der Waals surface area (Å²) in [5.74, 6) is 2.54. The monoisotopic (exact) mass is 452 g/mol. The third-order valence-electron chi connectivity index (χ3n) is 5.01. The van der Waals surface area contributed by atoms with E-state index in [-0.39, 0.29) is 5.91 Å². The minimum absolute atomic E-state index is 0.133. The Labute approximate surface area is 194 Å². The van der Waals surface area contributed by atoms with Crippen LogP contribution in [0.3, 0.4) is 0 Å². The minimum Gasteiger partial charge on any atom is -0.378 e. The SMILES string of the molecule is NCCOCCOCCNC(=O)CCCCCCCCCCCSCc1ccccc1. The third-order valence-corrected chi connectivity index (χ3v) is 6.12. The molecule has 0 aliphatic heterocycles. The molecule has 3 N–H and O–H groups in total. The molecule has 0 aliphatic carbocycles. The summed E-state index contributed by atoms with van der Waals surface area (Å²) in [5.41, 5.74) is 6.76. The van der Waals surface area contributed by atoms with Gasteiger partial charge in [0, 0.05) is 25.3 Å². The van der Waals surface area contributed by atoms with Gasteiger partial charge in [-0.15, -0.1) is 0 Å². The smallest absolute Gasteiger partial charge is 0.220 e. The van der Waals surface area contributed by atoms with Crippen molar-refractivity contribution in [1.82, 2.24) is 5.32 Å². The number of nitrogens with one attached hydrogen (secondary N) is 1. The number of thioether (sulfide) groups is 1. The molecule has 0 saturated carbocycles. The summed E-state index contributed by atoms with van der Waals surface area (Å²) < 4.78 is 10.6. The first kappa shape index (κ1) is 28.0. The number of nitrogens with two attached hydrogens (primary N) is 1. The summed E-state index contributed by atoms with van der Waals surface area (Å²) in [6.07, 6.45) is 12.0. The van der Waals surface area contributed by atoms with E-state index >= 15 is 0 Å². The molecule has 0 radical (unpaired) electrons. The zero-order valence-corrected chi connectivity index (χ0v) is 20.1. The van der Waals surface area contributed by atoms with Gasteiger partial charge in [0.05, 0.1) is 26.4 Å². The van der Waals surface area contributed by atoms with E-state index < -0.39 is 0 Å². The van der Waals surface area contributed by atoms with Crippen LogP contribution in [0.2, 0.25) is 0 Å². The quantitative estimate of drug-likeness (QED) is 0.244. The van der Waals surface area contributed by atoms with Crippen LogP contribution in [0.4, 0.5) is 0 Å². The van der Waals surface area contributed by atoms with E-state index in [1.165, 1.54) is 56.3 Å². The van der Waals surface area contributed by atoms with E-state index in [4.69, 9.17) is 15.2 Å². The highest BCUT2D eigenvalue weighted by molar-refractivity contribution is 7.98. The molecule has 5 nitrogen and oxygen atoms in total. The van der Waals surface area contributed by atoms with Crippen LogP contribution in [0.1, 0.15) is 69.8 Å². The average molecular weight is 453 g/mol. The van der Waals surface area contributed by atoms with Crippen LogP contribution in [0.25, 0.3) is 0 Å². The second-order valence-corrected chi connectivity index (χ2v) is 8.94. The lowest BCUT2D eigenvalue weighted by Gasteiger charge is -2.07. The Hall–Kier alpha value is -1.08. The molecule has 1 rings (SSSR count). The Bertz CT molecular complexity index is 517. The highest BCUT2D eigenvalue weighted by Gasteiger charge is 2.01. The number of amides is 1. The lowest BCUT2D eigenvalue weighted by atomic mass is 10.1. The molecule has 178 valence electrons. The fourth-order valence-corrected chi connectivity index (χ4v) is 4.23. The summed E-state index contributed by atoms with van der Waals surface area (Å²) >= 11 is 2.05. The molecule has 0 unspecified atom stereocenters. The highest BCUT2D eigenvalue weighted by Crippen LogP contribution is 2.15. The number of carbonyl (C=O) groups is 1. The summed E-state index contributed by atoms with van der Waals surface area (Å²) in [4.78, 5) is 11.8. The molecule has 0 fully saturated rings. The number of rotatable bonds is 22. The van der Waals surface area contributed by atoms with E-state index in [0.717, 1.165) is 18.6 Å². The first-order valence-electron chi connectivity index (χ1n) is 12.1. The van der Waals surface area contributed by atoms with Gasteiger partial charge in [-0.3, -0.25) is 4.79 Å². The van der Waals surface area contributed by atoms with Crippen LogP contribution in [0, 0.1) is 0 Å². The molecule has 0 spiro atoms. The van der Waals surface area contributed by atoms with Crippen molar-refractivity contribution in [3.63, 3.8) is 0 Å². The average Bonchev–Trinajstić information content (AvgIpc) is 2.79. The molecule has 1 aromatic carbocycles. The van der Waals surface area contributed by atoms with Gasteiger partial charge in [0.15, 0.2) is 0 Å². The standard InChI is InChI=1S/C25H44N2O3S/c26-16-18-29-20-21-30-19-17-27-25(28)15-11-6-4-2-1-3-5-7-12-22-31-23-24-13-9-8-10-14-24/h8-10,13-14H,1-7,11-12,15-23,26H2,(H,27,28). The van der Waals surface area contributed by atoms with Gasteiger partial charge in [-0.2, -0.15) is 11.8 Å². The molecule has 0 saturated heterocycles. The van der Waals surface area contributed by atoms with E-state index in [0.29, 0.717) is 45.9 Å². The van der Waals surface area contributed by atoms with Crippen molar-refractivity contribution >= 4 is 17.7 Å². The predicted molar refractivity (Wildman–Crippen MR) is 132 cm³/mol. The van der Waals surface area contributed by atoms with Crippen molar-refractivity contribution in [3.8, 4) is 0 Å². The van der Waals surface area contributed by atoms with Gasteiger partial charge in [0.2, 0.25) is 5.91 Å². The van der Waals surface area contributed by atoms with E-state index in [1.54, 1.807) is 0 Å². The fraction of sp³-hybridized carbons (Fsp3) is 0.720. The molecule has 0 atom stereocenters. The summed E-state index contributed by atoms with van der Waals surface area (Å²) in [6.45, 7) is 3.30. The Morgan fingerprint density at radius 3 is 2.10 bits per heavy atom. The normalized spacial score (nSPS) is 11.0. The maximum atomic E-state index is 11.8. The zero-order valence-electron chi connectivity index (χ0n) is 19.3. The van der Waals surface area contributed by atoms with Crippen LogP contribution in [-0.2, 0) is 20.0 Å². The number of hydrogen-bond acceptors (Lipinski definition) is 5. The Morgan fingerprint density at radius 1 is 0.806 bits per heavy atom. The van der Waals surface area contributed by atoms with Crippen LogP contribution in [0.5, 0.6) is 0 Å². The molecular formula is C25H44N2O3S. The van der Waals surface area contributed by atoms with Gasteiger partial charge in [-0.1, -0.05) is 75.3 Å². The molecule has 0 heterocycles. The van der Waals surface area contributed by atoms with Gasteiger partial charge in [-0.05, 0) is 24.2 Å². The summed E-state index contributed by atoms with van der Waals surface area (Å²) in [7, 11) is 0. The molecule has 1 aromatic rings. The first-order chi connectivity index (χ1) is 15.3. The molecule has 0 aromatic heterocycles. The van der Waals surface area contributed by atoms with E-state index in [2.05, 4.69) is 35.6 Å². The zero-order chi connectivity index (χ0) is 22.2. The van der Waals surface area contributed by atoms with Crippen LogP contribution < -0.4 is 11.1 Å².